The van der Waals surface area contributed by atoms with Gasteiger partial charge in [0, 0.05) is 11.6 Å². The topological polar surface area (TPSA) is 70.0 Å². The van der Waals surface area contributed by atoms with E-state index >= 15 is 0 Å². The van der Waals surface area contributed by atoms with Crippen LogP contribution >= 0.6 is 0 Å². The van der Waals surface area contributed by atoms with Crippen molar-refractivity contribution in [3.8, 4) is 23.8 Å². The zero-order valence-corrected chi connectivity index (χ0v) is 9.67. The number of fused-ring (bicyclic) bond motifs is 1. The van der Waals surface area contributed by atoms with Crippen LogP contribution in [-0.4, -0.2) is 40.8 Å². The molecule has 0 aromatic heterocycles. The number of hydrogen-bond donors (Lipinski definition) is 2. The van der Waals surface area contributed by atoms with Gasteiger partial charge in [0.25, 0.3) is 0 Å². The molecule has 0 fully saturated rings. The second-order valence-electron chi connectivity index (χ2n) is 4.05. The van der Waals surface area contributed by atoms with Crippen molar-refractivity contribution in [1.82, 2.24) is 4.90 Å². The minimum absolute atomic E-state index is 0.121. The Bertz CT molecular complexity index is 506. The third-order valence-corrected chi connectivity index (χ3v) is 2.83. The van der Waals surface area contributed by atoms with Gasteiger partial charge in [-0.05, 0) is 12.1 Å². The Morgan fingerprint density at radius 3 is 3.06 bits per heavy atom. The van der Waals surface area contributed by atoms with Crippen molar-refractivity contribution in [3.63, 3.8) is 0 Å². The first kappa shape index (κ1) is 12.3. The molecule has 0 aliphatic carbocycles. The molecular weight excluding hydrogens is 234 g/mol. The number of carboxylic acid groups (broad SMARTS) is 1. The number of rotatable bonds is 4. The SMILES string of the molecule is C#CCN(CC(=O)O)C1COc2cc(O)ccc21. The molecule has 1 aliphatic rings. The third-order valence-electron chi connectivity index (χ3n) is 2.83. The second-order valence-corrected chi connectivity index (χ2v) is 4.05. The van der Waals surface area contributed by atoms with Crippen molar-refractivity contribution in [2.24, 2.45) is 0 Å². The maximum absolute atomic E-state index is 10.8. The summed E-state index contributed by atoms with van der Waals surface area (Å²) >= 11 is 0. The molecule has 1 aromatic carbocycles. The van der Waals surface area contributed by atoms with Gasteiger partial charge in [-0.1, -0.05) is 5.92 Å². The Hall–Kier alpha value is -2.19. The van der Waals surface area contributed by atoms with Gasteiger partial charge in [-0.3, -0.25) is 9.69 Å². The largest absolute Gasteiger partial charge is 0.508 e. The lowest BCUT2D eigenvalue weighted by molar-refractivity contribution is -0.138. The number of phenolic OH excluding ortho intramolecular Hbond substituents is 1. The van der Waals surface area contributed by atoms with Crippen LogP contribution in [0.25, 0.3) is 0 Å². The maximum Gasteiger partial charge on any atom is 0.317 e. The normalized spacial score (nSPS) is 17.0. The molecule has 0 amide bonds. The van der Waals surface area contributed by atoms with E-state index in [-0.39, 0.29) is 24.9 Å². The number of carbonyl (C=O) groups is 1. The van der Waals surface area contributed by atoms with Gasteiger partial charge in [-0.15, -0.1) is 6.42 Å². The van der Waals surface area contributed by atoms with E-state index in [1.807, 2.05) is 0 Å². The number of hydrogen-bond acceptors (Lipinski definition) is 4. The molecule has 1 aliphatic heterocycles. The Kier molecular flexibility index (Phi) is 3.40. The van der Waals surface area contributed by atoms with Gasteiger partial charge < -0.3 is 14.9 Å². The molecule has 1 aromatic rings. The number of nitrogens with zero attached hydrogens (tertiary/aromatic N) is 1. The van der Waals surface area contributed by atoms with E-state index in [1.54, 1.807) is 17.0 Å². The van der Waals surface area contributed by atoms with Crippen LogP contribution in [0.15, 0.2) is 18.2 Å². The summed E-state index contributed by atoms with van der Waals surface area (Å²) in [5.74, 6) is 2.21. The van der Waals surface area contributed by atoms with Gasteiger partial charge in [0.15, 0.2) is 0 Å². The fourth-order valence-electron chi connectivity index (χ4n) is 2.05. The van der Waals surface area contributed by atoms with E-state index in [0.717, 1.165) is 5.56 Å². The number of terminal acetylenes is 1. The fraction of sp³-hybridized carbons (Fsp3) is 0.308. The number of aromatic hydroxyl groups is 1. The van der Waals surface area contributed by atoms with E-state index in [0.29, 0.717) is 12.4 Å². The molecule has 0 saturated heterocycles. The van der Waals surface area contributed by atoms with Crippen molar-refractivity contribution < 1.29 is 19.7 Å². The van der Waals surface area contributed by atoms with Gasteiger partial charge >= 0.3 is 5.97 Å². The molecule has 0 saturated carbocycles. The molecule has 18 heavy (non-hydrogen) atoms. The number of phenols is 1. The second kappa shape index (κ2) is 4.98. The summed E-state index contributed by atoms with van der Waals surface area (Å²) < 4.78 is 5.44. The minimum atomic E-state index is -0.933. The molecule has 0 spiro atoms. The van der Waals surface area contributed by atoms with Crippen molar-refractivity contribution in [2.45, 2.75) is 6.04 Å². The van der Waals surface area contributed by atoms with E-state index in [9.17, 15) is 9.90 Å². The number of benzene rings is 1. The molecule has 5 nitrogen and oxygen atoms in total. The van der Waals surface area contributed by atoms with E-state index in [2.05, 4.69) is 5.92 Å². The fourth-order valence-corrected chi connectivity index (χ4v) is 2.05. The zero-order valence-electron chi connectivity index (χ0n) is 9.67. The van der Waals surface area contributed by atoms with Gasteiger partial charge in [0.05, 0.1) is 19.1 Å². The van der Waals surface area contributed by atoms with Crippen LogP contribution in [0.4, 0.5) is 0 Å². The van der Waals surface area contributed by atoms with Gasteiger partial charge in [0.2, 0.25) is 0 Å². The van der Waals surface area contributed by atoms with E-state index in [1.165, 1.54) is 6.07 Å². The molecule has 2 N–H and O–H groups in total. The lowest BCUT2D eigenvalue weighted by Gasteiger charge is -2.23. The summed E-state index contributed by atoms with van der Waals surface area (Å²) in [4.78, 5) is 12.5. The standard InChI is InChI=1S/C13H13NO4/c1-2-5-14(7-13(16)17)11-8-18-12-6-9(15)3-4-10(11)12/h1,3-4,6,11,15H,5,7-8H2,(H,16,17). The van der Waals surface area contributed by atoms with Crippen molar-refractivity contribution in [1.29, 1.82) is 0 Å². The third kappa shape index (κ3) is 2.39. The summed E-state index contributed by atoms with van der Waals surface area (Å²) in [5.41, 5.74) is 0.851. The smallest absolute Gasteiger partial charge is 0.317 e. The molecule has 1 unspecified atom stereocenters. The van der Waals surface area contributed by atoms with Crippen LogP contribution in [0.5, 0.6) is 11.5 Å². The molecule has 1 atom stereocenters. The van der Waals surface area contributed by atoms with Gasteiger partial charge in [-0.25, -0.2) is 0 Å². The maximum atomic E-state index is 10.8. The predicted molar refractivity (Wildman–Crippen MR) is 64.4 cm³/mol. The van der Waals surface area contributed by atoms with Crippen molar-refractivity contribution >= 4 is 5.97 Å². The first-order valence-electron chi connectivity index (χ1n) is 5.47. The van der Waals surface area contributed by atoms with Crippen molar-refractivity contribution in [3.05, 3.63) is 23.8 Å². The zero-order chi connectivity index (χ0) is 13.1. The molecule has 1 heterocycles. The Morgan fingerprint density at radius 2 is 2.39 bits per heavy atom. The van der Waals surface area contributed by atoms with Gasteiger partial charge in [-0.2, -0.15) is 0 Å². The van der Waals surface area contributed by atoms with Crippen LogP contribution in [0.3, 0.4) is 0 Å². The summed E-state index contributed by atoms with van der Waals surface area (Å²) in [6, 6.07) is 4.61. The van der Waals surface area contributed by atoms with Crippen LogP contribution in [0.1, 0.15) is 11.6 Å². The first-order chi connectivity index (χ1) is 8.61. The van der Waals surface area contributed by atoms with Crippen LogP contribution in [0, 0.1) is 12.3 Å². The summed E-state index contributed by atoms with van der Waals surface area (Å²) in [7, 11) is 0. The highest BCUT2D eigenvalue weighted by Crippen LogP contribution is 2.37. The Labute approximate surface area is 105 Å². The molecular formula is C13H13NO4. The average Bonchev–Trinajstić information content (AvgIpc) is 2.70. The van der Waals surface area contributed by atoms with Crippen LogP contribution < -0.4 is 4.74 Å². The number of aliphatic carboxylic acids is 1. The highest BCUT2D eigenvalue weighted by molar-refractivity contribution is 5.69. The summed E-state index contributed by atoms with van der Waals surface area (Å²) in [6.45, 7) is 0.437. The van der Waals surface area contributed by atoms with Gasteiger partial charge in [0.1, 0.15) is 18.1 Å². The lowest BCUT2D eigenvalue weighted by Crippen LogP contribution is -2.34. The number of carboxylic acids is 1. The van der Waals surface area contributed by atoms with Crippen molar-refractivity contribution in [2.75, 3.05) is 19.7 Å². The summed E-state index contributed by atoms with van der Waals surface area (Å²) in [6.07, 6.45) is 5.25. The average molecular weight is 247 g/mol. The predicted octanol–water partition coefficient (Wildman–Crippen LogP) is 0.845. The first-order valence-corrected chi connectivity index (χ1v) is 5.47. The molecule has 5 heteroatoms. The summed E-state index contributed by atoms with van der Waals surface area (Å²) in [5, 5.41) is 18.2. The monoisotopic (exact) mass is 247 g/mol. The molecule has 0 bridgehead atoms. The molecule has 2 rings (SSSR count). The van der Waals surface area contributed by atoms with Crippen LogP contribution in [0.2, 0.25) is 0 Å². The Morgan fingerprint density at radius 1 is 1.61 bits per heavy atom. The van der Waals surface area contributed by atoms with Crippen LogP contribution in [-0.2, 0) is 4.79 Å². The minimum Gasteiger partial charge on any atom is -0.508 e. The quantitative estimate of drug-likeness (QED) is 0.772. The highest BCUT2D eigenvalue weighted by Gasteiger charge is 2.30. The Balaban J connectivity index is 2.24. The van der Waals surface area contributed by atoms with E-state index < -0.39 is 5.97 Å². The highest BCUT2D eigenvalue weighted by atomic mass is 16.5. The molecule has 94 valence electrons. The number of ether oxygens (including phenoxy) is 1. The van der Waals surface area contributed by atoms with E-state index in [4.69, 9.17) is 16.3 Å². The lowest BCUT2D eigenvalue weighted by atomic mass is 10.1. The molecule has 0 radical (unpaired) electrons.